The van der Waals surface area contributed by atoms with Crippen molar-refractivity contribution in [1.29, 1.82) is 0 Å². The Morgan fingerprint density at radius 3 is 2.58 bits per heavy atom. The Hall–Kier alpha value is -2.30. The summed E-state index contributed by atoms with van der Waals surface area (Å²) in [7, 11) is 0. The van der Waals surface area contributed by atoms with Crippen LogP contribution >= 0.6 is 0 Å². The summed E-state index contributed by atoms with van der Waals surface area (Å²) in [6.45, 7) is 0.199. The number of carbonyl (C=O) groups excluding carboxylic acids is 1. The van der Waals surface area contributed by atoms with Gasteiger partial charge < -0.3 is 5.32 Å². The van der Waals surface area contributed by atoms with Crippen molar-refractivity contribution in [2.75, 3.05) is 6.54 Å². The average molecular weight is 333 g/mol. The molecule has 126 valence electrons. The van der Waals surface area contributed by atoms with Crippen LogP contribution in [-0.2, 0) is 23.8 Å². The van der Waals surface area contributed by atoms with Crippen LogP contribution in [0.3, 0.4) is 0 Å². The molecule has 1 amide bonds. The van der Waals surface area contributed by atoms with Gasteiger partial charge in [-0.05, 0) is 42.0 Å². The van der Waals surface area contributed by atoms with Gasteiger partial charge in [-0.1, -0.05) is 42.5 Å². The summed E-state index contributed by atoms with van der Waals surface area (Å²) >= 11 is 0. The molecule has 3 rings (SSSR count). The highest BCUT2D eigenvalue weighted by atomic mass is 19.4. The molecule has 24 heavy (non-hydrogen) atoms. The van der Waals surface area contributed by atoms with Crippen molar-refractivity contribution in [3.63, 3.8) is 0 Å². The molecule has 1 atom stereocenters. The maximum absolute atomic E-state index is 13.0. The number of carbonyl (C=O) groups is 1. The van der Waals surface area contributed by atoms with Crippen LogP contribution in [0.15, 0.2) is 48.5 Å². The second kappa shape index (κ2) is 6.67. The second-order valence-corrected chi connectivity index (χ2v) is 5.99. The summed E-state index contributed by atoms with van der Waals surface area (Å²) in [6.07, 6.45) is -2.59. The smallest absolute Gasteiger partial charge is 0.355 e. The van der Waals surface area contributed by atoms with Crippen LogP contribution in [0.5, 0.6) is 0 Å². The molecule has 0 heterocycles. The molecule has 2 nitrogen and oxygen atoms in total. The number of hydrogen-bond acceptors (Lipinski definition) is 1. The highest BCUT2D eigenvalue weighted by molar-refractivity contribution is 5.84. The van der Waals surface area contributed by atoms with Crippen molar-refractivity contribution in [3.05, 3.63) is 70.8 Å². The summed E-state index contributed by atoms with van der Waals surface area (Å²) in [4.78, 5) is 12.3. The van der Waals surface area contributed by atoms with E-state index < -0.39 is 11.7 Å². The van der Waals surface area contributed by atoms with Gasteiger partial charge in [-0.15, -0.1) is 0 Å². The Balaban J connectivity index is 1.61. The monoisotopic (exact) mass is 333 g/mol. The van der Waals surface area contributed by atoms with Gasteiger partial charge in [0.05, 0.1) is 11.5 Å². The van der Waals surface area contributed by atoms with Crippen LogP contribution in [0.2, 0.25) is 0 Å². The van der Waals surface area contributed by atoms with Gasteiger partial charge in [0, 0.05) is 6.54 Å². The number of halogens is 3. The van der Waals surface area contributed by atoms with E-state index in [0.717, 1.165) is 24.5 Å². The number of fused-ring (bicyclic) bond motifs is 1. The van der Waals surface area contributed by atoms with Gasteiger partial charge in [0.1, 0.15) is 0 Å². The standard InChI is InChI=1S/C19H18F3NO/c20-19(21,22)17-8-4-2-6-14(17)11-12-23-18(24)16-10-9-13-5-1-3-7-15(13)16/h1-8,16H,9-12H2,(H,23,24)/t16-/m1/s1. The Morgan fingerprint density at radius 1 is 1.08 bits per heavy atom. The molecule has 0 unspecified atom stereocenters. The number of aryl methyl sites for hydroxylation is 1. The van der Waals surface area contributed by atoms with Crippen molar-refractivity contribution in [2.24, 2.45) is 0 Å². The molecule has 1 N–H and O–H groups in total. The average Bonchev–Trinajstić information content (AvgIpc) is 2.98. The molecule has 1 aliphatic rings. The van der Waals surface area contributed by atoms with Crippen LogP contribution < -0.4 is 5.32 Å². The number of alkyl halides is 3. The first kappa shape index (κ1) is 16.6. The van der Waals surface area contributed by atoms with Crippen molar-refractivity contribution in [3.8, 4) is 0 Å². The van der Waals surface area contributed by atoms with Crippen molar-refractivity contribution >= 4 is 5.91 Å². The number of amides is 1. The number of nitrogens with one attached hydrogen (secondary N) is 1. The molecule has 0 saturated heterocycles. The van der Waals surface area contributed by atoms with Gasteiger partial charge in [0.2, 0.25) is 5.91 Å². The van der Waals surface area contributed by atoms with Crippen LogP contribution in [0.1, 0.15) is 34.6 Å². The van der Waals surface area contributed by atoms with Crippen molar-refractivity contribution < 1.29 is 18.0 Å². The third-order valence-corrected chi connectivity index (χ3v) is 4.47. The summed E-state index contributed by atoms with van der Waals surface area (Å²) in [5.74, 6) is -0.302. The lowest BCUT2D eigenvalue weighted by atomic mass is 10.00. The first-order valence-electron chi connectivity index (χ1n) is 7.97. The fourth-order valence-corrected chi connectivity index (χ4v) is 3.29. The zero-order chi connectivity index (χ0) is 17.2. The van der Waals surface area contributed by atoms with Crippen LogP contribution in [-0.4, -0.2) is 12.5 Å². The Morgan fingerprint density at radius 2 is 1.79 bits per heavy atom. The highest BCUT2D eigenvalue weighted by Gasteiger charge is 2.33. The van der Waals surface area contributed by atoms with Gasteiger partial charge >= 0.3 is 6.18 Å². The lowest BCUT2D eigenvalue weighted by Crippen LogP contribution is -2.30. The van der Waals surface area contributed by atoms with Gasteiger partial charge in [0.15, 0.2) is 0 Å². The molecular formula is C19H18F3NO. The highest BCUT2D eigenvalue weighted by Crippen LogP contribution is 2.33. The fourth-order valence-electron chi connectivity index (χ4n) is 3.29. The van der Waals surface area contributed by atoms with Gasteiger partial charge in [-0.25, -0.2) is 0 Å². The Kier molecular flexibility index (Phi) is 4.60. The van der Waals surface area contributed by atoms with E-state index in [1.54, 1.807) is 6.07 Å². The van der Waals surface area contributed by atoms with Gasteiger partial charge in [-0.2, -0.15) is 13.2 Å². The summed E-state index contributed by atoms with van der Waals surface area (Å²) in [6, 6.07) is 13.3. The normalized spacial score (nSPS) is 16.7. The molecule has 1 aliphatic carbocycles. The molecule has 0 bridgehead atoms. The second-order valence-electron chi connectivity index (χ2n) is 5.99. The maximum atomic E-state index is 13.0. The third-order valence-electron chi connectivity index (χ3n) is 4.47. The Labute approximate surface area is 138 Å². The van der Waals surface area contributed by atoms with E-state index in [1.807, 2.05) is 24.3 Å². The van der Waals surface area contributed by atoms with E-state index in [2.05, 4.69) is 5.32 Å². The quantitative estimate of drug-likeness (QED) is 0.897. The minimum Gasteiger partial charge on any atom is -0.355 e. The zero-order valence-electron chi connectivity index (χ0n) is 13.1. The maximum Gasteiger partial charge on any atom is 0.416 e. The molecule has 0 radical (unpaired) electrons. The van der Waals surface area contributed by atoms with Gasteiger partial charge in [-0.3, -0.25) is 4.79 Å². The predicted molar refractivity (Wildman–Crippen MR) is 85.7 cm³/mol. The molecule has 0 aliphatic heterocycles. The van der Waals surface area contributed by atoms with E-state index in [1.165, 1.54) is 17.7 Å². The van der Waals surface area contributed by atoms with Crippen LogP contribution in [0, 0.1) is 0 Å². The van der Waals surface area contributed by atoms with Crippen molar-refractivity contribution in [2.45, 2.75) is 31.4 Å². The molecule has 0 aromatic heterocycles. The van der Waals surface area contributed by atoms with E-state index in [0.29, 0.717) is 0 Å². The number of hydrogen-bond donors (Lipinski definition) is 1. The fraction of sp³-hybridized carbons (Fsp3) is 0.316. The predicted octanol–water partition coefficient (Wildman–Crippen LogP) is 4.09. The summed E-state index contributed by atoms with van der Waals surface area (Å²) in [5.41, 5.74) is 1.79. The van der Waals surface area contributed by atoms with E-state index in [9.17, 15) is 18.0 Å². The topological polar surface area (TPSA) is 29.1 Å². The molecule has 0 saturated carbocycles. The zero-order valence-corrected chi connectivity index (χ0v) is 13.1. The van der Waals surface area contributed by atoms with E-state index >= 15 is 0 Å². The van der Waals surface area contributed by atoms with E-state index in [-0.39, 0.29) is 30.4 Å². The molecule has 2 aromatic rings. The largest absolute Gasteiger partial charge is 0.416 e. The lowest BCUT2D eigenvalue weighted by Gasteiger charge is -2.15. The van der Waals surface area contributed by atoms with E-state index in [4.69, 9.17) is 0 Å². The number of rotatable bonds is 4. The summed E-state index contributed by atoms with van der Waals surface area (Å²) in [5, 5.41) is 2.79. The molecular weight excluding hydrogens is 315 g/mol. The molecule has 0 spiro atoms. The first-order chi connectivity index (χ1) is 11.5. The van der Waals surface area contributed by atoms with Crippen LogP contribution in [0.4, 0.5) is 13.2 Å². The minimum absolute atomic E-state index is 0.107. The van der Waals surface area contributed by atoms with Gasteiger partial charge in [0.25, 0.3) is 0 Å². The lowest BCUT2D eigenvalue weighted by molar-refractivity contribution is -0.138. The molecule has 5 heteroatoms. The minimum atomic E-state index is -4.37. The third kappa shape index (κ3) is 3.45. The summed E-state index contributed by atoms with van der Waals surface area (Å²) < 4.78 is 38.9. The first-order valence-corrected chi connectivity index (χ1v) is 7.97. The molecule has 2 aromatic carbocycles. The number of benzene rings is 2. The molecule has 0 fully saturated rings. The van der Waals surface area contributed by atoms with Crippen LogP contribution in [0.25, 0.3) is 0 Å². The van der Waals surface area contributed by atoms with Crippen molar-refractivity contribution in [1.82, 2.24) is 5.32 Å². The SMILES string of the molecule is O=C(NCCc1ccccc1C(F)(F)F)[C@@H]1CCc2ccccc21. The Bertz CT molecular complexity index is 739.